The molecule has 1 aliphatic rings. The summed E-state index contributed by atoms with van der Waals surface area (Å²) in [5.74, 6) is 1.16. The van der Waals surface area contributed by atoms with Crippen molar-refractivity contribution in [1.29, 1.82) is 0 Å². The SMILES string of the molecule is COc1cc(CN)ccc1S(=O)(=O)N1CCSC(C)(C)C1. The summed E-state index contributed by atoms with van der Waals surface area (Å²) in [6.45, 7) is 5.51. The normalized spacial score (nSPS) is 19.4. The highest BCUT2D eigenvalue weighted by Crippen LogP contribution is 2.34. The van der Waals surface area contributed by atoms with Crippen molar-refractivity contribution in [2.75, 3.05) is 26.0 Å². The molecule has 5 nitrogen and oxygen atoms in total. The molecule has 1 heterocycles. The maximum absolute atomic E-state index is 12.9. The van der Waals surface area contributed by atoms with E-state index in [4.69, 9.17) is 10.5 Å². The van der Waals surface area contributed by atoms with Crippen LogP contribution in [-0.2, 0) is 16.6 Å². The van der Waals surface area contributed by atoms with Crippen molar-refractivity contribution in [2.45, 2.75) is 30.0 Å². The van der Waals surface area contributed by atoms with Crippen LogP contribution in [0.4, 0.5) is 0 Å². The molecule has 2 N–H and O–H groups in total. The van der Waals surface area contributed by atoms with Crippen molar-refractivity contribution in [2.24, 2.45) is 5.73 Å². The third-order valence-corrected chi connectivity index (χ3v) is 6.65. The second-order valence-electron chi connectivity index (χ2n) is 5.64. The average Bonchev–Trinajstić information content (AvgIpc) is 2.45. The highest BCUT2D eigenvalue weighted by Gasteiger charge is 2.35. The van der Waals surface area contributed by atoms with Gasteiger partial charge >= 0.3 is 0 Å². The van der Waals surface area contributed by atoms with Gasteiger partial charge in [-0.25, -0.2) is 8.42 Å². The van der Waals surface area contributed by atoms with Crippen molar-refractivity contribution >= 4 is 21.8 Å². The molecule has 0 aliphatic carbocycles. The summed E-state index contributed by atoms with van der Waals surface area (Å²) in [7, 11) is -2.07. The van der Waals surface area contributed by atoms with E-state index in [-0.39, 0.29) is 9.64 Å². The first kappa shape index (κ1) is 16.6. The Morgan fingerprint density at radius 3 is 2.71 bits per heavy atom. The van der Waals surface area contributed by atoms with Crippen LogP contribution in [0.25, 0.3) is 0 Å². The number of nitrogens with two attached hydrogens (primary N) is 1. The van der Waals surface area contributed by atoms with Gasteiger partial charge in [-0.05, 0) is 31.5 Å². The fourth-order valence-electron chi connectivity index (χ4n) is 2.37. The number of nitrogens with zero attached hydrogens (tertiary/aromatic N) is 1. The number of hydrogen-bond donors (Lipinski definition) is 1. The number of benzene rings is 1. The molecule has 0 bridgehead atoms. The van der Waals surface area contributed by atoms with Gasteiger partial charge in [0, 0.05) is 30.1 Å². The van der Waals surface area contributed by atoms with Crippen LogP contribution < -0.4 is 10.5 Å². The molecule has 0 atom stereocenters. The molecule has 0 radical (unpaired) electrons. The van der Waals surface area contributed by atoms with E-state index in [2.05, 4.69) is 13.8 Å². The van der Waals surface area contributed by atoms with E-state index in [0.29, 0.717) is 25.4 Å². The summed E-state index contributed by atoms with van der Waals surface area (Å²) in [6, 6.07) is 5.01. The highest BCUT2D eigenvalue weighted by atomic mass is 32.2. The lowest BCUT2D eigenvalue weighted by atomic mass is 10.2. The molecular formula is C14H22N2O3S2. The van der Waals surface area contributed by atoms with E-state index >= 15 is 0 Å². The van der Waals surface area contributed by atoms with Gasteiger partial charge in [-0.1, -0.05) is 6.07 Å². The highest BCUT2D eigenvalue weighted by molar-refractivity contribution is 8.00. The first-order chi connectivity index (χ1) is 9.80. The largest absolute Gasteiger partial charge is 0.495 e. The zero-order chi connectivity index (χ0) is 15.7. The maximum Gasteiger partial charge on any atom is 0.246 e. The van der Waals surface area contributed by atoms with Crippen molar-refractivity contribution in [3.05, 3.63) is 23.8 Å². The topological polar surface area (TPSA) is 72.6 Å². The van der Waals surface area contributed by atoms with Crippen molar-refractivity contribution in [3.63, 3.8) is 0 Å². The summed E-state index contributed by atoms with van der Waals surface area (Å²) >= 11 is 1.80. The first-order valence-electron chi connectivity index (χ1n) is 6.81. The third-order valence-electron chi connectivity index (χ3n) is 3.47. The quantitative estimate of drug-likeness (QED) is 0.909. The van der Waals surface area contributed by atoms with Crippen LogP contribution in [0.15, 0.2) is 23.1 Å². The van der Waals surface area contributed by atoms with Gasteiger partial charge in [-0.15, -0.1) is 0 Å². The summed E-state index contributed by atoms with van der Waals surface area (Å²) in [4.78, 5) is 0.213. The van der Waals surface area contributed by atoms with Crippen molar-refractivity contribution in [3.8, 4) is 5.75 Å². The van der Waals surface area contributed by atoms with Gasteiger partial charge < -0.3 is 10.5 Å². The summed E-state index contributed by atoms with van der Waals surface area (Å²) in [5.41, 5.74) is 6.44. The number of thioether (sulfide) groups is 1. The molecule has 1 saturated heterocycles. The molecule has 1 aromatic carbocycles. The smallest absolute Gasteiger partial charge is 0.246 e. The summed E-state index contributed by atoms with van der Waals surface area (Å²) < 4.78 is 32.4. The van der Waals surface area contributed by atoms with Crippen molar-refractivity contribution in [1.82, 2.24) is 4.31 Å². The van der Waals surface area contributed by atoms with Crippen LogP contribution in [-0.4, -0.2) is 43.4 Å². The average molecular weight is 330 g/mol. The molecule has 118 valence electrons. The van der Waals surface area contributed by atoms with Gasteiger partial charge in [-0.3, -0.25) is 0 Å². The Bertz CT molecular complexity index is 615. The van der Waals surface area contributed by atoms with E-state index in [1.54, 1.807) is 34.3 Å². The van der Waals surface area contributed by atoms with E-state index in [1.807, 2.05) is 0 Å². The monoisotopic (exact) mass is 330 g/mol. The number of rotatable bonds is 4. The molecular weight excluding hydrogens is 308 g/mol. The molecule has 21 heavy (non-hydrogen) atoms. The van der Waals surface area contributed by atoms with Gasteiger partial charge in [0.1, 0.15) is 10.6 Å². The molecule has 2 rings (SSSR count). The predicted molar refractivity (Wildman–Crippen MR) is 86.2 cm³/mol. The minimum absolute atomic E-state index is 0.0737. The van der Waals surface area contributed by atoms with E-state index in [0.717, 1.165) is 11.3 Å². The molecule has 0 unspecified atom stereocenters. The Kier molecular flexibility index (Phi) is 4.87. The minimum Gasteiger partial charge on any atom is -0.495 e. The van der Waals surface area contributed by atoms with Gasteiger partial charge in [-0.2, -0.15) is 16.1 Å². The Hall–Kier alpha value is -0.760. The van der Waals surface area contributed by atoms with Crippen LogP contribution in [0.5, 0.6) is 5.75 Å². The zero-order valence-corrected chi connectivity index (χ0v) is 14.3. The van der Waals surface area contributed by atoms with Crippen LogP contribution >= 0.6 is 11.8 Å². The number of hydrogen-bond acceptors (Lipinski definition) is 5. The molecule has 0 aromatic heterocycles. The van der Waals surface area contributed by atoms with E-state index in [9.17, 15) is 8.42 Å². The van der Waals surface area contributed by atoms with E-state index in [1.165, 1.54) is 7.11 Å². The van der Waals surface area contributed by atoms with Gasteiger partial charge in [0.25, 0.3) is 0 Å². The van der Waals surface area contributed by atoms with E-state index < -0.39 is 10.0 Å². The zero-order valence-electron chi connectivity index (χ0n) is 12.6. The third kappa shape index (κ3) is 3.53. The lowest BCUT2D eigenvalue weighted by Crippen LogP contribution is -2.46. The Morgan fingerprint density at radius 1 is 1.43 bits per heavy atom. The molecule has 1 aromatic rings. The minimum atomic E-state index is -3.55. The fraction of sp³-hybridized carbons (Fsp3) is 0.571. The second kappa shape index (κ2) is 6.16. The standard InChI is InChI=1S/C14H22N2O3S2/c1-14(2)10-16(6-7-20-14)21(17,18)13-5-4-11(9-15)8-12(13)19-3/h4-5,8H,6-7,9-10,15H2,1-3H3. The molecule has 0 amide bonds. The van der Waals surface area contributed by atoms with Crippen molar-refractivity contribution < 1.29 is 13.2 Å². The Labute approximate surface area is 130 Å². The predicted octanol–water partition coefficient (Wildman–Crippen LogP) is 1.67. The van der Waals surface area contributed by atoms with Gasteiger partial charge in [0.05, 0.1) is 7.11 Å². The molecule has 0 saturated carbocycles. The summed E-state index contributed by atoms with van der Waals surface area (Å²) in [6.07, 6.45) is 0. The fourth-order valence-corrected chi connectivity index (χ4v) is 5.42. The Morgan fingerprint density at radius 2 is 2.14 bits per heavy atom. The number of methoxy groups -OCH3 is 1. The summed E-state index contributed by atoms with van der Waals surface area (Å²) in [5, 5.41) is 0. The second-order valence-corrected chi connectivity index (χ2v) is 9.34. The van der Waals surface area contributed by atoms with Gasteiger partial charge in [0.15, 0.2) is 0 Å². The van der Waals surface area contributed by atoms with Crippen LogP contribution in [0.2, 0.25) is 0 Å². The molecule has 1 fully saturated rings. The number of ether oxygens (including phenoxy) is 1. The van der Waals surface area contributed by atoms with Gasteiger partial charge in [0.2, 0.25) is 10.0 Å². The Balaban J connectivity index is 2.39. The lowest BCUT2D eigenvalue weighted by molar-refractivity contribution is 0.376. The van der Waals surface area contributed by atoms with Crippen LogP contribution in [0.1, 0.15) is 19.4 Å². The first-order valence-corrected chi connectivity index (χ1v) is 9.24. The number of sulfonamides is 1. The molecule has 1 aliphatic heterocycles. The maximum atomic E-state index is 12.9. The molecule has 7 heteroatoms. The lowest BCUT2D eigenvalue weighted by Gasteiger charge is -2.36. The van der Waals surface area contributed by atoms with Crippen LogP contribution in [0.3, 0.4) is 0 Å². The van der Waals surface area contributed by atoms with Crippen LogP contribution in [0, 0.1) is 0 Å². The molecule has 0 spiro atoms.